The van der Waals surface area contributed by atoms with E-state index in [4.69, 9.17) is 10.5 Å². The molecule has 0 radical (unpaired) electrons. The third-order valence-electron chi connectivity index (χ3n) is 6.71. The van der Waals surface area contributed by atoms with Gasteiger partial charge < -0.3 is 20.3 Å². The number of piperidine rings is 1. The summed E-state index contributed by atoms with van der Waals surface area (Å²) < 4.78 is 5.44. The van der Waals surface area contributed by atoms with Gasteiger partial charge in [0.25, 0.3) is 11.8 Å². The highest BCUT2D eigenvalue weighted by Crippen LogP contribution is 2.31. The second-order valence-corrected chi connectivity index (χ2v) is 8.58. The Morgan fingerprint density at radius 1 is 1.13 bits per heavy atom. The maximum Gasteiger partial charge on any atom is 0.255 e. The van der Waals surface area contributed by atoms with Gasteiger partial charge in [-0.15, -0.1) is 0 Å². The molecule has 3 atom stereocenters. The number of rotatable bonds is 3. The number of likely N-dealkylation sites (tertiary alicyclic amines) is 2. The van der Waals surface area contributed by atoms with Crippen LogP contribution >= 0.6 is 0 Å². The summed E-state index contributed by atoms with van der Waals surface area (Å²) in [5, 5.41) is 0. The molecule has 4 amide bonds. The van der Waals surface area contributed by atoms with Gasteiger partial charge in [-0.25, -0.2) is 0 Å². The fraction of sp³-hybridized carbons (Fsp3) is 0.524. The molecule has 3 saturated heterocycles. The van der Waals surface area contributed by atoms with Crippen LogP contribution in [0, 0.1) is 11.8 Å². The van der Waals surface area contributed by atoms with Crippen molar-refractivity contribution in [2.75, 3.05) is 38.6 Å². The van der Waals surface area contributed by atoms with Crippen molar-refractivity contribution in [3.8, 4) is 0 Å². The smallest absolute Gasteiger partial charge is 0.255 e. The fourth-order valence-electron chi connectivity index (χ4n) is 5.00. The summed E-state index contributed by atoms with van der Waals surface area (Å²) in [4.78, 5) is 55.5. The Balaban J connectivity index is 1.29. The standard InChI is InChI=1S/C21H24N4O5/c22-15-2-1-12-8-24(20(28)16(12)5-15)17-3-4-18(26)25(21(17)29)9-19(27)23-6-13-10-30-11-14(13)7-23/h1-2,5,13-14,17H,3-4,6-11,22H2. The van der Waals surface area contributed by atoms with Gasteiger partial charge in [0.15, 0.2) is 0 Å². The minimum absolute atomic E-state index is 0.130. The molecule has 1 aromatic rings. The predicted octanol–water partition coefficient (Wildman–Crippen LogP) is -0.153. The summed E-state index contributed by atoms with van der Waals surface area (Å²) >= 11 is 0. The van der Waals surface area contributed by atoms with Crippen molar-refractivity contribution in [1.29, 1.82) is 0 Å². The van der Waals surface area contributed by atoms with Crippen LogP contribution in [0.15, 0.2) is 18.2 Å². The van der Waals surface area contributed by atoms with E-state index in [-0.39, 0.29) is 37.1 Å². The van der Waals surface area contributed by atoms with Crippen molar-refractivity contribution < 1.29 is 23.9 Å². The van der Waals surface area contributed by atoms with Crippen LogP contribution in [0.1, 0.15) is 28.8 Å². The van der Waals surface area contributed by atoms with Crippen LogP contribution in [0.2, 0.25) is 0 Å². The molecule has 0 bridgehead atoms. The first-order valence-electron chi connectivity index (χ1n) is 10.3. The summed E-state index contributed by atoms with van der Waals surface area (Å²) in [6.07, 6.45) is 0.397. The minimum atomic E-state index is -0.747. The lowest BCUT2D eigenvalue weighted by Crippen LogP contribution is -2.56. The average Bonchev–Trinajstić information content (AvgIpc) is 3.40. The number of nitrogens with zero attached hydrogens (tertiary/aromatic N) is 3. The Morgan fingerprint density at radius 2 is 1.87 bits per heavy atom. The van der Waals surface area contributed by atoms with Crippen LogP contribution in [0.3, 0.4) is 0 Å². The van der Waals surface area contributed by atoms with E-state index in [9.17, 15) is 19.2 Å². The minimum Gasteiger partial charge on any atom is -0.399 e. The van der Waals surface area contributed by atoms with Crippen molar-refractivity contribution in [1.82, 2.24) is 14.7 Å². The average molecular weight is 412 g/mol. The van der Waals surface area contributed by atoms with E-state index in [1.165, 1.54) is 4.90 Å². The molecule has 4 aliphatic heterocycles. The maximum atomic E-state index is 13.1. The highest BCUT2D eigenvalue weighted by atomic mass is 16.5. The zero-order chi connectivity index (χ0) is 21.0. The van der Waals surface area contributed by atoms with E-state index < -0.39 is 11.9 Å². The van der Waals surface area contributed by atoms with Crippen LogP contribution in [-0.4, -0.2) is 77.2 Å². The van der Waals surface area contributed by atoms with Gasteiger partial charge in [0.05, 0.1) is 13.2 Å². The maximum absolute atomic E-state index is 13.1. The number of fused-ring (bicyclic) bond motifs is 2. The molecule has 0 saturated carbocycles. The molecule has 158 valence electrons. The monoisotopic (exact) mass is 412 g/mol. The number of anilines is 1. The Labute approximate surface area is 173 Å². The molecular formula is C21H24N4O5. The molecule has 3 unspecified atom stereocenters. The van der Waals surface area contributed by atoms with Crippen LogP contribution in [0.25, 0.3) is 0 Å². The van der Waals surface area contributed by atoms with E-state index in [2.05, 4.69) is 0 Å². The highest BCUT2D eigenvalue weighted by molar-refractivity contribution is 6.07. The SMILES string of the molecule is Nc1ccc2c(c1)C(=O)N(C1CCC(=O)N(CC(=O)N3CC4COCC4C3)C1=O)C2. The molecule has 1 aromatic carbocycles. The number of amides is 4. The lowest BCUT2D eigenvalue weighted by atomic mass is 10.0. The lowest BCUT2D eigenvalue weighted by molar-refractivity contribution is -0.156. The molecule has 0 spiro atoms. The van der Waals surface area contributed by atoms with Gasteiger partial charge in [-0.1, -0.05) is 6.07 Å². The van der Waals surface area contributed by atoms with Crippen molar-refractivity contribution in [2.45, 2.75) is 25.4 Å². The molecule has 3 fully saturated rings. The third kappa shape index (κ3) is 3.04. The summed E-state index contributed by atoms with van der Waals surface area (Å²) in [6, 6.07) is 4.38. The number of imide groups is 1. The molecule has 4 heterocycles. The molecule has 0 aromatic heterocycles. The number of nitrogen functional groups attached to an aromatic ring is 1. The Morgan fingerprint density at radius 3 is 2.60 bits per heavy atom. The number of carbonyl (C=O) groups is 4. The van der Waals surface area contributed by atoms with E-state index in [1.54, 1.807) is 23.1 Å². The molecule has 9 nitrogen and oxygen atoms in total. The number of carbonyl (C=O) groups excluding carboxylic acids is 4. The first kappa shape index (κ1) is 19.0. The Bertz CT molecular complexity index is 935. The van der Waals surface area contributed by atoms with Gasteiger partial charge >= 0.3 is 0 Å². The number of benzene rings is 1. The van der Waals surface area contributed by atoms with Crippen LogP contribution in [0.5, 0.6) is 0 Å². The molecule has 30 heavy (non-hydrogen) atoms. The molecule has 2 N–H and O–H groups in total. The van der Waals surface area contributed by atoms with Crippen LogP contribution in [-0.2, 0) is 25.7 Å². The summed E-state index contributed by atoms with van der Waals surface area (Å²) in [7, 11) is 0. The zero-order valence-corrected chi connectivity index (χ0v) is 16.6. The van der Waals surface area contributed by atoms with Gasteiger partial charge in [-0.2, -0.15) is 0 Å². The molecule has 4 aliphatic rings. The second kappa shape index (κ2) is 7.09. The number of hydrogen-bond acceptors (Lipinski definition) is 6. The summed E-state index contributed by atoms with van der Waals surface area (Å²) in [5.74, 6) is -0.651. The lowest BCUT2D eigenvalue weighted by Gasteiger charge is -2.35. The molecule has 0 aliphatic carbocycles. The Kier molecular flexibility index (Phi) is 4.50. The number of nitrogens with two attached hydrogens (primary N) is 1. The molecule has 5 rings (SSSR count). The van der Waals surface area contributed by atoms with Gasteiger partial charge in [0.1, 0.15) is 12.6 Å². The number of ether oxygens (including phenoxy) is 1. The second-order valence-electron chi connectivity index (χ2n) is 8.58. The first-order chi connectivity index (χ1) is 14.4. The molecule has 9 heteroatoms. The topological polar surface area (TPSA) is 113 Å². The van der Waals surface area contributed by atoms with Crippen molar-refractivity contribution in [2.24, 2.45) is 11.8 Å². The quantitative estimate of drug-likeness (QED) is 0.546. The zero-order valence-electron chi connectivity index (χ0n) is 16.6. The van der Waals surface area contributed by atoms with E-state index in [1.807, 2.05) is 0 Å². The van der Waals surface area contributed by atoms with Gasteiger partial charge in [0, 0.05) is 49.1 Å². The largest absolute Gasteiger partial charge is 0.399 e. The molecular weight excluding hydrogens is 388 g/mol. The van der Waals surface area contributed by atoms with Crippen molar-refractivity contribution in [3.63, 3.8) is 0 Å². The normalized spacial score (nSPS) is 28.3. The third-order valence-corrected chi connectivity index (χ3v) is 6.71. The fourth-order valence-corrected chi connectivity index (χ4v) is 5.00. The predicted molar refractivity (Wildman–Crippen MR) is 105 cm³/mol. The Hall–Kier alpha value is -2.94. The van der Waals surface area contributed by atoms with E-state index in [0.29, 0.717) is 55.9 Å². The van der Waals surface area contributed by atoms with Gasteiger partial charge in [-0.3, -0.25) is 24.1 Å². The summed E-state index contributed by atoms with van der Waals surface area (Å²) in [6.45, 7) is 2.54. The number of hydrogen-bond donors (Lipinski definition) is 1. The van der Waals surface area contributed by atoms with Gasteiger partial charge in [-0.05, 0) is 24.1 Å². The van der Waals surface area contributed by atoms with Crippen LogP contribution in [0.4, 0.5) is 5.69 Å². The van der Waals surface area contributed by atoms with Crippen molar-refractivity contribution in [3.05, 3.63) is 29.3 Å². The van der Waals surface area contributed by atoms with Crippen LogP contribution < -0.4 is 5.73 Å². The van der Waals surface area contributed by atoms with Gasteiger partial charge in [0.2, 0.25) is 11.8 Å². The van der Waals surface area contributed by atoms with Crippen molar-refractivity contribution >= 4 is 29.3 Å². The van der Waals surface area contributed by atoms with E-state index >= 15 is 0 Å². The first-order valence-corrected chi connectivity index (χ1v) is 10.3. The summed E-state index contributed by atoms with van der Waals surface area (Å²) in [5.41, 5.74) is 7.59. The van der Waals surface area contributed by atoms with E-state index in [0.717, 1.165) is 10.5 Å². The highest BCUT2D eigenvalue weighted by Gasteiger charge is 2.45.